The smallest absolute Gasteiger partial charge is 0.257 e. The number of halogens is 1. The number of ether oxygens (including phenoxy) is 2. The number of amides is 2. The van der Waals surface area contributed by atoms with Crippen LogP contribution in [0.1, 0.15) is 10.4 Å². The first kappa shape index (κ1) is 28.8. The molecule has 0 spiro atoms. The second-order valence-corrected chi connectivity index (χ2v) is 9.72. The molecule has 1 fully saturated rings. The number of carbonyl (C=O) groups excluding carboxylic acids is 2. The molecule has 0 bridgehead atoms. The molecule has 1 saturated heterocycles. The van der Waals surface area contributed by atoms with E-state index in [9.17, 15) is 14.0 Å². The Bertz CT molecular complexity index is 1310. The summed E-state index contributed by atoms with van der Waals surface area (Å²) in [7, 11) is 6.95. The van der Waals surface area contributed by atoms with Gasteiger partial charge in [0.2, 0.25) is 5.91 Å². The van der Waals surface area contributed by atoms with Crippen molar-refractivity contribution in [2.75, 3.05) is 79.0 Å². The van der Waals surface area contributed by atoms with Crippen LogP contribution in [0.15, 0.2) is 54.6 Å². The lowest BCUT2D eigenvalue weighted by molar-refractivity contribution is -0.132. The van der Waals surface area contributed by atoms with Crippen LogP contribution in [0.2, 0.25) is 0 Å². The van der Waals surface area contributed by atoms with Crippen molar-refractivity contribution in [2.24, 2.45) is 0 Å². The minimum absolute atomic E-state index is 0.0334. The van der Waals surface area contributed by atoms with E-state index in [0.29, 0.717) is 56.5 Å². The van der Waals surface area contributed by atoms with Gasteiger partial charge in [-0.2, -0.15) is 0 Å². The quantitative estimate of drug-likeness (QED) is 0.381. The van der Waals surface area contributed by atoms with E-state index in [4.69, 9.17) is 9.47 Å². The van der Waals surface area contributed by atoms with E-state index in [2.05, 4.69) is 15.1 Å². The normalized spacial score (nSPS) is 13.3. The van der Waals surface area contributed by atoms with Gasteiger partial charge in [0.25, 0.3) is 5.91 Å². The van der Waals surface area contributed by atoms with Crippen LogP contribution in [-0.2, 0) is 4.79 Å². The SMILES string of the molecule is COc1ccc(-c2ccc(N3CCN(C(=O)CN(CCN(C)C)C(=O)c4ccccc4F)CC3)nn2)cc1OC. The summed E-state index contributed by atoms with van der Waals surface area (Å²) in [5.41, 5.74) is 1.53. The van der Waals surface area contributed by atoms with Crippen LogP contribution in [0.3, 0.4) is 0 Å². The first-order valence-electron chi connectivity index (χ1n) is 13.1. The molecular weight excluding hydrogens is 515 g/mol. The fourth-order valence-corrected chi connectivity index (χ4v) is 4.47. The maximum atomic E-state index is 14.3. The van der Waals surface area contributed by atoms with E-state index in [1.165, 1.54) is 23.1 Å². The molecule has 2 heterocycles. The first-order valence-corrected chi connectivity index (χ1v) is 13.1. The Morgan fingerprint density at radius 2 is 1.62 bits per heavy atom. The lowest BCUT2D eigenvalue weighted by Gasteiger charge is -2.36. The number of aromatic nitrogens is 2. The molecule has 0 aliphatic carbocycles. The van der Waals surface area contributed by atoms with E-state index in [1.807, 2.05) is 49.3 Å². The molecule has 2 amide bonds. The van der Waals surface area contributed by atoms with Gasteiger partial charge in [0.15, 0.2) is 17.3 Å². The number of likely N-dealkylation sites (N-methyl/N-ethyl adjacent to an activating group) is 1. The average Bonchev–Trinajstić information content (AvgIpc) is 2.98. The molecule has 40 heavy (non-hydrogen) atoms. The summed E-state index contributed by atoms with van der Waals surface area (Å²) in [4.78, 5) is 33.4. The topological polar surface area (TPSA) is 91.3 Å². The standard InChI is InChI=1S/C29H35FN6O4/c1-33(2)13-14-36(29(38)22-7-5-6-8-23(22)30)20-28(37)35-17-15-34(16-18-35)27-12-10-24(31-32-27)21-9-11-25(39-3)26(19-21)40-4/h5-12,19H,13-18,20H2,1-4H3. The van der Waals surface area contributed by atoms with E-state index < -0.39 is 11.7 Å². The number of nitrogens with zero attached hydrogens (tertiary/aromatic N) is 6. The van der Waals surface area contributed by atoms with Crippen molar-refractivity contribution in [3.05, 3.63) is 66.0 Å². The van der Waals surface area contributed by atoms with Gasteiger partial charge in [0, 0.05) is 44.8 Å². The van der Waals surface area contributed by atoms with E-state index in [0.717, 1.165) is 11.4 Å². The van der Waals surface area contributed by atoms with Crippen LogP contribution in [0, 0.1) is 5.82 Å². The molecular formula is C29H35FN6O4. The molecule has 2 aromatic carbocycles. The molecule has 0 atom stereocenters. The van der Waals surface area contributed by atoms with Crippen LogP contribution >= 0.6 is 0 Å². The van der Waals surface area contributed by atoms with Gasteiger partial charge in [0.05, 0.1) is 25.5 Å². The number of hydrogen-bond acceptors (Lipinski definition) is 8. The fraction of sp³-hybridized carbons (Fsp3) is 0.379. The molecule has 0 unspecified atom stereocenters. The maximum absolute atomic E-state index is 14.3. The lowest BCUT2D eigenvalue weighted by Crippen LogP contribution is -2.52. The molecule has 3 aromatic rings. The summed E-state index contributed by atoms with van der Waals surface area (Å²) < 4.78 is 25.0. The molecule has 1 aromatic heterocycles. The van der Waals surface area contributed by atoms with Gasteiger partial charge < -0.3 is 29.1 Å². The molecule has 0 radical (unpaired) electrons. The molecule has 0 saturated carbocycles. The third-order valence-corrected chi connectivity index (χ3v) is 6.82. The number of hydrogen-bond donors (Lipinski definition) is 0. The fourth-order valence-electron chi connectivity index (χ4n) is 4.47. The third kappa shape index (κ3) is 6.84. The van der Waals surface area contributed by atoms with E-state index in [1.54, 1.807) is 25.2 Å². The highest BCUT2D eigenvalue weighted by Crippen LogP contribution is 2.31. The van der Waals surface area contributed by atoms with Crippen molar-refractivity contribution in [3.63, 3.8) is 0 Å². The summed E-state index contributed by atoms with van der Waals surface area (Å²) >= 11 is 0. The van der Waals surface area contributed by atoms with Gasteiger partial charge >= 0.3 is 0 Å². The van der Waals surface area contributed by atoms with Crippen LogP contribution < -0.4 is 14.4 Å². The molecule has 10 nitrogen and oxygen atoms in total. The lowest BCUT2D eigenvalue weighted by atomic mass is 10.1. The summed E-state index contributed by atoms with van der Waals surface area (Å²) in [6, 6.07) is 15.2. The monoisotopic (exact) mass is 550 g/mol. The van der Waals surface area contributed by atoms with Crippen LogP contribution in [0.5, 0.6) is 11.5 Å². The molecule has 11 heteroatoms. The summed E-state index contributed by atoms with van der Waals surface area (Å²) in [5.74, 6) is 0.721. The Morgan fingerprint density at radius 1 is 0.900 bits per heavy atom. The van der Waals surface area contributed by atoms with E-state index in [-0.39, 0.29) is 18.0 Å². The molecule has 4 rings (SSSR count). The predicted octanol–water partition coefficient (Wildman–Crippen LogP) is 2.65. The van der Waals surface area contributed by atoms with Gasteiger partial charge in [-0.15, -0.1) is 10.2 Å². The van der Waals surface area contributed by atoms with Crippen LogP contribution in [0.25, 0.3) is 11.3 Å². The molecule has 1 aliphatic heterocycles. The minimum Gasteiger partial charge on any atom is -0.493 e. The largest absolute Gasteiger partial charge is 0.493 e. The second kappa shape index (κ2) is 13.2. The number of benzene rings is 2. The van der Waals surface area contributed by atoms with Crippen molar-refractivity contribution in [1.29, 1.82) is 0 Å². The van der Waals surface area contributed by atoms with Gasteiger partial charge in [-0.1, -0.05) is 12.1 Å². The Labute approximate surface area is 233 Å². The highest BCUT2D eigenvalue weighted by molar-refractivity contribution is 5.96. The Balaban J connectivity index is 1.37. The van der Waals surface area contributed by atoms with Crippen molar-refractivity contribution < 1.29 is 23.5 Å². The van der Waals surface area contributed by atoms with Crippen molar-refractivity contribution >= 4 is 17.6 Å². The molecule has 1 aliphatic rings. The zero-order valence-electron chi connectivity index (χ0n) is 23.3. The minimum atomic E-state index is -0.596. The second-order valence-electron chi connectivity index (χ2n) is 9.72. The van der Waals surface area contributed by atoms with Crippen molar-refractivity contribution in [1.82, 2.24) is 24.9 Å². The number of rotatable bonds is 10. The van der Waals surface area contributed by atoms with E-state index >= 15 is 0 Å². The maximum Gasteiger partial charge on any atom is 0.257 e. The van der Waals surface area contributed by atoms with Crippen LogP contribution in [0.4, 0.5) is 10.2 Å². The van der Waals surface area contributed by atoms with Crippen molar-refractivity contribution in [3.8, 4) is 22.8 Å². The molecule has 212 valence electrons. The zero-order valence-corrected chi connectivity index (χ0v) is 23.3. The Morgan fingerprint density at radius 3 is 2.25 bits per heavy atom. The summed E-state index contributed by atoms with van der Waals surface area (Å²) in [5, 5.41) is 8.80. The highest BCUT2D eigenvalue weighted by Gasteiger charge is 2.27. The third-order valence-electron chi connectivity index (χ3n) is 6.82. The van der Waals surface area contributed by atoms with Gasteiger partial charge in [-0.05, 0) is 56.6 Å². The predicted molar refractivity (Wildman–Crippen MR) is 150 cm³/mol. The van der Waals surface area contributed by atoms with Crippen molar-refractivity contribution in [2.45, 2.75) is 0 Å². The summed E-state index contributed by atoms with van der Waals surface area (Å²) in [6.45, 7) is 2.87. The summed E-state index contributed by atoms with van der Waals surface area (Å²) in [6.07, 6.45) is 0. The Kier molecular flexibility index (Phi) is 9.49. The number of methoxy groups -OCH3 is 2. The first-order chi connectivity index (χ1) is 19.3. The number of piperazine rings is 1. The number of anilines is 1. The van der Waals surface area contributed by atoms with Crippen LogP contribution in [-0.4, -0.2) is 111 Å². The van der Waals surface area contributed by atoms with Gasteiger partial charge in [-0.25, -0.2) is 4.39 Å². The average molecular weight is 551 g/mol. The zero-order chi connectivity index (χ0) is 28.6. The molecule has 0 N–H and O–H groups in total. The highest BCUT2D eigenvalue weighted by atomic mass is 19.1. The van der Waals surface area contributed by atoms with Gasteiger partial charge in [0.1, 0.15) is 12.4 Å². The Hall–Kier alpha value is -4.25. The van der Waals surface area contributed by atoms with Gasteiger partial charge in [-0.3, -0.25) is 9.59 Å². The number of carbonyl (C=O) groups is 2.